The van der Waals surface area contributed by atoms with E-state index in [-0.39, 0.29) is 12.5 Å². The molecule has 4 rings (SSSR count). The maximum absolute atomic E-state index is 12.4. The standard InChI is InChI=1S/C20H22N4O2/c1-22-10-12-23(13-11-22)20(25)15-26-19-9-5-8-18-17(19)14-21-24(18)16-6-3-2-4-7-16/h2-9,14H,10-13,15H2,1H3. The zero-order valence-electron chi connectivity index (χ0n) is 14.8. The second-order valence-corrected chi connectivity index (χ2v) is 6.55. The van der Waals surface area contributed by atoms with Gasteiger partial charge in [-0.3, -0.25) is 4.79 Å². The molecule has 0 aliphatic carbocycles. The fraction of sp³-hybridized carbons (Fsp3) is 0.300. The first kappa shape index (κ1) is 16.6. The fourth-order valence-electron chi connectivity index (χ4n) is 3.21. The molecule has 26 heavy (non-hydrogen) atoms. The van der Waals surface area contributed by atoms with Gasteiger partial charge in [0.05, 0.1) is 22.8 Å². The summed E-state index contributed by atoms with van der Waals surface area (Å²) in [7, 11) is 2.07. The maximum Gasteiger partial charge on any atom is 0.260 e. The Balaban J connectivity index is 1.51. The van der Waals surface area contributed by atoms with E-state index in [0.717, 1.165) is 42.8 Å². The van der Waals surface area contributed by atoms with Crippen LogP contribution in [0.1, 0.15) is 0 Å². The Labute approximate surface area is 152 Å². The Kier molecular flexibility index (Phi) is 4.58. The third-order valence-corrected chi connectivity index (χ3v) is 4.78. The van der Waals surface area contributed by atoms with Gasteiger partial charge in [-0.25, -0.2) is 4.68 Å². The molecular formula is C20H22N4O2. The quantitative estimate of drug-likeness (QED) is 0.724. The van der Waals surface area contributed by atoms with Crippen molar-refractivity contribution in [1.82, 2.24) is 19.6 Å². The van der Waals surface area contributed by atoms with E-state index in [1.807, 2.05) is 58.1 Å². The molecular weight excluding hydrogens is 328 g/mol. The molecule has 3 aromatic rings. The summed E-state index contributed by atoms with van der Waals surface area (Å²) in [4.78, 5) is 16.5. The van der Waals surface area contributed by atoms with Crippen LogP contribution in [0.3, 0.4) is 0 Å². The normalized spacial score (nSPS) is 15.3. The van der Waals surface area contributed by atoms with Crippen molar-refractivity contribution in [1.29, 1.82) is 0 Å². The molecule has 1 saturated heterocycles. The second kappa shape index (κ2) is 7.17. The van der Waals surface area contributed by atoms with Gasteiger partial charge in [0.15, 0.2) is 6.61 Å². The van der Waals surface area contributed by atoms with E-state index >= 15 is 0 Å². The minimum atomic E-state index is 0.0329. The van der Waals surface area contributed by atoms with Crippen molar-refractivity contribution in [2.24, 2.45) is 0 Å². The van der Waals surface area contributed by atoms with Crippen molar-refractivity contribution < 1.29 is 9.53 Å². The van der Waals surface area contributed by atoms with Crippen LogP contribution in [0.25, 0.3) is 16.6 Å². The van der Waals surface area contributed by atoms with Crippen molar-refractivity contribution >= 4 is 16.8 Å². The zero-order valence-corrected chi connectivity index (χ0v) is 14.8. The minimum Gasteiger partial charge on any atom is -0.483 e. The van der Waals surface area contributed by atoms with E-state index in [0.29, 0.717) is 5.75 Å². The lowest BCUT2D eigenvalue weighted by Crippen LogP contribution is -2.48. The summed E-state index contributed by atoms with van der Waals surface area (Å²) < 4.78 is 7.73. The Morgan fingerprint density at radius 2 is 1.81 bits per heavy atom. The molecule has 1 aliphatic rings. The van der Waals surface area contributed by atoms with Crippen molar-refractivity contribution in [3.05, 3.63) is 54.7 Å². The number of nitrogens with zero attached hydrogens (tertiary/aromatic N) is 4. The third kappa shape index (κ3) is 3.28. The summed E-state index contributed by atoms with van der Waals surface area (Å²) in [5.41, 5.74) is 1.95. The molecule has 0 saturated carbocycles. The lowest BCUT2D eigenvalue weighted by molar-refractivity contribution is -0.134. The van der Waals surface area contributed by atoms with Gasteiger partial charge in [0, 0.05) is 26.2 Å². The number of hydrogen-bond donors (Lipinski definition) is 0. The summed E-state index contributed by atoms with van der Waals surface area (Å²) in [6, 6.07) is 15.8. The summed E-state index contributed by atoms with van der Waals surface area (Å²) in [5.74, 6) is 0.720. The van der Waals surface area contributed by atoms with Crippen LogP contribution < -0.4 is 4.74 Å². The van der Waals surface area contributed by atoms with E-state index in [1.54, 1.807) is 6.20 Å². The smallest absolute Gasteiger partial charge is 0.260 e. The molecule has 1 aromatic heterocycles. The molecule has 1 amide bonds. The van der Waals surface area contributed by atoms with Crippen molar-refractivity contribution in [2.75, 3.05) is 39.8 Å². The highest BCUT2D eigenvalue weighted by Gasteiger charge is 2.19. The van der Waals surface area contributed by atoms with Crippen LogP contribution in [-0.4, -0.2) is 65.3 Å². The molecule has 1 aliphatic heterocycles. The summed E-state index contributed by atoms with van der Waals surface area (Å²) >= 11 is 0. The molecule has 6 heteroatoms. The van der Waals surface area contributed by atoms with Crippen LogP contribution in [0.5, 0.6) is 5.75 Å². The summed E-state index contributed by atoms with van der Waals surface area (Å²) in [5, 5.41) is 5.39. The van der Waals surface area contributed by atoms with E-state index in [2.05, 4.69) is 17.0 Å². The van der Waals surface area contributed by atoms with Gasteiger partial charge in [0.25, 0.3) is 5.91 Å². The number of carbonyl (C=O) groups is 1. The molecule has 1 fully saturated rings. The molecule has 2 aromatic carbocycles. The highest BCUT2D eigenvalue weighted by atomic mass is 16.5. The highest BCUT2D eigenvalue weighted by molar-refractivity contribution is 5.87. The van der Waals surface area contributed by atoms with Crippen molar-refractivity contribution in [2.45, 2.75) is 0 Å². The summed E-state index contributed by atoms with van der Waals surface area (Å²) in [6.07, 6.45) is 1.79. The number of benzene rings is 2. The van der Waals surface area contributed by atoms with Crippen molar-refractivity contribution in [3.63, 3.8) is 0 Å². The summed E-state index contributed by atoms with van der Waals surface area (Å²) in [6.45, 7) is 3.39. The van der Waals surface area contributed by atoms with E-state index in [1.165, 1.54) is 0 Å². The van der Waals surface area contributed by atoms with E-state index < -0.39 is 0 Å². The first-order valence-electron chi connectivity index (χ1n) is 8.83. The monoisotopic (exact) mass is 350 g/mol. The number of para-hydroxylation sites is 1. The van der Waals surface area contributed by atoms with Crippen LogP contribution in [-0.2, 0) is 4.79 Å². The second-order valence-electron chi connectivity index (χ2n) is 6.55. The van der Waals surface area contributed by atoms with Crippen LogP contribution >= 0.6 is 0 Å². The number of piperazine rings is 1. The number of ether oxygens (including phenoxy) is 1. The van der Waals surface area contributed by atoms with E-state index in [9.17, 15) is 4.79 Å². The van der Waals surface area contributed by atoms with Gasteiger partial charge < -0.3 is 14.5 Å². The fourth-order valence-corrected chi connectivity index (χ4v) is 3.21. The molecule has 0 radical (unpaired) electrons. The van der Waals surface area contributed by atoms with Crippen molar-refractivity contribution in [3.8, 4) is 11.4 Å². The lowest BCUT2D eigenvalue weighted by atomic mass is 10.2. The van der Waals surface area contributed by atoms with Crippen LogP contribution in [0.15, 0.2) is 54.7 Å². The molecule has 0 spiro atoms. The number of likely N-dealkylation sites (N-methyl/N-ethyl adjacent to an activating group) is 1. The number of fused-ring (bicyclic) bond motifs is 1. The Morgan fingerprint density at radius 1 is 1.04 bits per heavy atom. The molecule has 0 N–H and O–H groups in total. The Hall–Kier alpha value is -2.86. The minimum absolute atomic E-state index is 0.0329. The molecule has 134 valence electrons. The molecule has 0 unspecified atom stereocenters. The van der Waals surface area contributed by atoms with Gasteiger partial charge >= 0.3 is 0 Å². The van der Waals surface area contributed by atoms with Gasteiger partial charge in [-0.1, -0.05) is 24.3 Å². The van der Waals surface area contributed by atoms with Crippen LogP contribution in [0, 0.1) is 0 Å². The van der Waals surface area contributed by atoms with Gasteiger partial charge in [0.1, 0.15) is 5.75 Å². The Morgan fingerprint density at radius 3 is 2.58 bits per heavy atom. The molecule has 0 bridgehead atoms. The third-order valence-electron chi connectivity index (χ3n) is 4.78. The average molecular weight is 350 g/mol. The molecule has 0 atom stereocenters. The largest absolute Gasteiger partial charge is 0.483 e. The first-order valence-corrected chi connectivity index (χ1v) is 8.83. The number of aromatic nitrogens is 2. The van der Waals surface area contributed by atoms with Crippen LogP contribution in [0.2, 0.25) is 0 Å². The van der Waals surface area contributed by atoms with Gasteiger partial charge in [0.2, 0.25) is 0 Å². The van der Waals surface area contributed by atoms with Gasteiger partial charge in [-0.2, -0.15) is 5.10 Å². The number of amides is 1. The maximum atomic E-state index is 12.4. The average Bonchev–Trinajstić information content (AvgIpc) is 3.12. The topological polar surface area (TPSA) is 50.6 Å². The molecule has 2 heterocycles. The van der Waals surface area contributed by atoms with Gasteiger partial charge in [-0.05, 0) is 31.3 Å². The number of rotatable bonds is 4. The SMILES string of the molecule is CN1CCN(C(=O)COc2cccc3c2cnn3-c2ccccc2)CC1. The zero-order chi connectivity index (χ0) is 17.9. The lowest BCUT2D eigenvalue weighted by Gasteiger charge is -2.32. The van der Waals surface area contributed by atoms with Gasteiger partial charge in [-0.15, -0.1) is 0 Å². The number of carbonyl (C=O) groups excluding carboxylic acids is 1. The predicted molar refractivity (Wildman–Crippen MR) is 101 cm³/mol. The molecule has 6 nitrogen and oxygen atoms in total. The van der Waals surface area contributed by atoms with E-state index in [4.69, 9.17) is 4.74 Å². The Bertz CT molecular complexity index is 899. The van der Waals surface area contributed by atoms with Crippen LogP contribution in [0.4, 0.5) is 0 Å². The highest BCUT2D eigenvalue weighted by Crippen LogP contribution is 2.27. The number of hydrogen-bond acceptors (Lipinski definition) is 4. The predicted octanol–water partition coefficient (Wildman–Crippen LogP) is 2.18. The first-order chi connectivity index (χ1) is 12.7.